The monoisotopic (exact) mass is 654 g/mol. The Bertz CT molecular complexity index is 1910. The van der Waals surface area contributed by atoms with Gasteiger partial charge in [0, 0.05) is 23.9 Å². The molecule has 2 N–H and O–H groups in total. The first-order chi connectivity index (χ1) is 21.9. The van der Waals surface area contributed by atoms with Crippen LogP contribution in [0.5, 0.6) is 17.2 Å². The minimum absolute atomic E-state index is 0.0582. The van der Waals surface area contributed by atoms with E-state index in [1.807, 2.05) is 0 Å². The van der Waals surface area contributed by atoms with Gasteiger partial charge in [0.05, 0.1) is 34.9 Å². The van der Waals surface area contributed by atoms with Gasteiger partial charge < -0.3 is 24.8 Å². The van der Waals surface area contributed by atoms with Crippen LogP contribution < -0.4 is 24.8 Å². The topological polar surface area (TPSA) is 138 Å². The highest BCUT2D eigenvalue weighted by Gasteiger charge is 2.35. The van der Waals surface area contributed by atoms with Crippen molar-refractivity contribution in [1.82, 2.24) is 20.4 Å². The summed E-state index contributed by atoms with van der Waals surface area (Å²) in [5.41, 5.74) is 2.26. The van der Waals surface area contributed by atoms with Crippen molar-refractivity contribution in [1.29, 1.82) is 0 Å². The standard InChI is InChI=1S/C32H32F2N4O7S/c1-19(36-31(40)32(2,33)34)29(20-6-9-27-28(16-20)44-12-11-43-27)45-25-7-8-26-22(15-25)17-35-38(26)24-5-3-4-21(14-24)30(39)37-23-10-13-46(41,42)18-23/h3-9,14-17,19,23,29H,10-13,18H2,1-2H3,(H,36,40)(H,37,39)/t19-,23?,29-/m0/s1. The van der Waals surface area contributed by atoms with Gasteiger partial charge in [-0.3, -0.25) is 9.59 Å². The molecule has 0 bridgehead atoms. The van der Waals surface area contributed by atoms with E-state index < -0.39 is 39.9 Å². The van der Waals surface area contributed by atoms with Crippen LogP contribution in [-0.2, 0) is 14.6 Å². The lowest BCUT2D eigenvalue weighted by Crippen LogP contribution is -2.46. The Morgan fingerprint density at radius 3 is 2.59 bits per heavy atom. The minimum atomic E-state index is -3.58. The van der Waals surface area contributed by atoms with Gasteiger partial charge in [-0.25, -0.2) is 13.1 Å². The molecule has 1 unspecified atom stereocenters. The number of halogens is 2. The summed E-state index contributed by atoms with van der Waals surface area (Å²) >= 11 is 0. The molecule has 242 valence electrons. The predicted octanol–water partition coefficient (Wildman–Crippen LogP) is 3.99. The lowest BCUT2D eigenvalue weighted by atomic mass is 10.0. The number of sulfone groups is 1. The van der Waals surface area contributed by atoms with Crippen molar-refractivity contribution in [3.8, 4) is 22.9 Å². The number of carbonyl (C=O) groups excluding carboxylic acids is 2. The van der Waals surface area contributed by atoms with E-state index in [0.717, 1.165) is 0 Å². The maximum Gasteiger partial charge on any atom is 0.321 e. The van der Waals surface area contributed by atoms with E-state index in [0.29, 0.717) is 71.5 Å². The van der Waals surface area contributed by atoms with Crippen molar-refractivity contribution in [2.24, 2.45) is 0 Å². The number of amides is 2. The Hall–Kier alpha value is -4.72. The van der Waals surface area contributed by atoms with Crippen molar-refractivity contribution in [2.45, 2.75) is 44.4 Å². The molecule has 6 rings (SSSR count). The molecular formula is C32H32F2N4O7S. The van der Waals surface area contributed by atoms with Crippen LogP contribution in [0.4, 0.5) is 8.78 Å². The molecule has 0 saturated carbocycles. The normalized spacial score (nSPS) is 18.5. The molecule has 46 heavy (non-hydrogen) atoms. The maximum atomic E-state index is 13.8. The summed E-state index contributed by atoms with van der Waals surface area (Å²) in [5, 5.41) is 10.3. The van der Waals surface area contributed by atoms with E-state index in [-0.39, 0.29) is 17.4 Å². The van der Waals surface area contributed by atoms with Gasteiger partial charge in [-0.2, -0.15) is 13.9 Å². The molecule has 1 fully saturated rings. The van der Waals surface area contributed by atoms with Crippen LogP contribution in [0.2, 0.25) is 0 Å². The van der Waals surface area contributed by atoms with Gasteiger partial charge in [0.1, 0.15) is 25.1 Å². The number of ether oxygens (including phenoxy) is 3. The number of nitrogens with zero attached hydrogens (tertiary/aromatic N) is 2. The molecule has 1 aromatic heterocycles. The third-order valence-electron chi connectivity index (χ3n) is 7.83. The number of nitrogens with one attached hydrogen (secondary N) is 2. The molecule has 0 aliphatic carbocycles. The van der Waals surface area contributed by atoms with Crippen LogP contribution >= 0.6 is 0 Å². The van der Waals surface area contributed by atoms with E-state index in [2.05, 4.69) is 15.7 Å². The van der Waals surface area contributed by atoms with E-state index in [4.69, 9.17) is 14.2 Å². The number of rotatable bonds is 9. The first kappa shape index (κ1) is 31.3. The molecule has 2 aliphatic heterocycles. The zero-order chi connectivity index (χ0) is 32.6. The zero-order valence-electron chi connectivity index (χ0n) is 25.0. The summed E-state index contributed by atoms with van der Waals surface area (Å²) in [6, 6.07) is 15.9. The van der Waals surface area contributed by atoms with Gasteiger partial charge >= 0.3 is 5.92 Å². The van der Waals surface area contributed by atoms with Crippen molar-refractivity contribution in [3.63, 3.8) is 0 Å². The van der Waals surface area contributed by atoms with E-state index in [1.165, 1.54) is 0 Å². The average molecular weight is 655 g/mol. The van der Waals surface area contributed by atoms with Gasteiger partial charge in [0.2, 0.25) is 0 Å². The fourth-order valence-corrected chi connectivity index (χ4v) is 7.17. The van der Waals surface area contributed by atoms with Gasteiger partial charge in [0.25, 0.3) is 11.8 Å². The van der Waals surface area contributed by atoms with E-state index in [9.17, 15) is 26.8 Å². The number of fused-ring (bicyclic) bond motifs is 2. The molecule has 2 aliphatic rings. The lowest BCUT2D eigenvalue weighted by Gasteiger charge is -2.28. The lowest BCUT2D eigenvalue weighted by molar-refractivity contribution is -0.144. The molecule has 3 heterocycles. The molecule has 4 aromatic rings. The third-order valence-corrected chi connectivity index (χ3v) is 9.60. The first-order valence-electron chi connectivity index (χ1n) is 14.7. The summed E-state index contributed by atoms with van der Waals surface area (Å²) < 4.78 is 70.4. The molecule has 0 radical (unpaired) electrons. The molecule has 11 nitrogen and oxygen atoms in total. The van der Waals surface area contributed by atoms with Crippen molar-refractivity contribution >= 4 is 32.6 Å². The highest BCUT2D eigenvalue weighted by atomic mass is 32.2. The van der Waals surface area contributed by atoms with Crippen molar-refractivity contribution in [3.05, 3.63) is 78.0 Å². The predicted molar refractivity (Wildman–Crippen MR) is 165 cm³/mol. The Morgan fingerprint density at radius 2 is 1.85 bits per heavy atom. The molecule has 3 aromatic carbocycles. The Balaban J connectivity index is 1.25. The van der Waals surface area contributed by atoms with Crippen molar-refractivity contribution in [2.75, 3.05) is 24.7 Å². The smallest absolute Gasteiger partial charge is 0.321 e. The molecule has 0 spiro atoms. The molecule has 1 saturated heterocycles. The zero-order valence-corrected chi connectivity index (χ0v) is 25.9. The Kier molecular flexibility index (Phi) is 8.32. The number of hydrogen-bond donors (Lipinski definition) is 2. The van der Waals surface area contributed by atoms with Crippen molar-refractivity contribution < 1.29 is 41.0 Å². The fourth-order valence-electron chi connectivity index (χ4n) is 5.50. The van der Waals surface area contributed by atoms with Gasteiger partial charge in [-0.05, 0) is 67.4 Å². The number of benzene rings is 3. The second-order valence-electron chi connectivity index (χ2n) is 11.5. The van der Waals surface area contributed by atoms with Gasteiger partial charge in [-0.15, -0.1) is 0 Å². The average Bonchev–Trinajstić information content (AvgIpc) is 3.60. The third kappa shape index (κ3) is 6.76. The highest BCUT2D eigenvalue weighted by molar-refractivity contribution is 7.91. The summed E-state index contributed by atoms with van der Waals surface area (Å²) in [6.45, 7) is 2.87. The van der Waals surface area contributed by atoms with Crippen LogP contribution in [0.1, 0.15) is 42.3 Å². The maximum absolute atomic E-state index is 13.8. The summed E-state index contributed by atoms with van der Waals surface area (Å²) in [6.07, 6.45) is 1.13. The van der Waals surface area contributed by atoms with E-state index >= 15 is 0 Å². The quantitative estimate of drug-likeness (QED) is 0.277. The Morgan fingerprint density at radius 1 is 1.07 bits per heavy atom. The van der Waals surface area contributed by atoms with Crippen LogP contribution in [-0.4, -0.2) is 72.7 Å². The number of alkyl halides is 2. The van der Waals surface area contributed by atoms with E-state index in [1.54, 1.807) is 78.5 Å². The molecule has 14 heteroatoms. The minimum Gasteiger partial charge on any atom is -0.486 e. The van der Waals surface area contributed by atoms with Crippen LogP contribution in [0, 0.1) is 0 Å². The first-order valence-corrected chi connectivity index (χ1v) is 16.5. The summed E-state index contributed by atoms with van der Waals surface area (Å²) in [7, 11) is -3.14. The molecular weight excluding hydrogens is 622 g/mol. The second kappa shape index (κ2) is 12.2. The number of hydrogen-bond acceptors (Lipinski definition) is 8. The number of carbonyl (C=O) groups is 2. The SMILES string of the molecule is C[C@H](NC(=O)C(C)(F)F)[C@H](Oc1ccc2c(cnn2-c2cccc(C(=O)NC3CCS(=O)(=O)C3)c2)c1)c1ccc2c(c1)OCCO2. The summed E-state index contributed by atoms with van der Waals surface area (Å²) in [5.74, 6) is -3.95. The van der Waals surface area contributed by atoms with Gasteiger partial charge in [0.15, 0.2) is 21.3 Å². The fraction of sp³-hybridized carbons (Fsp3) is 0.344. The largest absolute Gasteiger partial charge is 0.486 e. The van der Waals surface area contributed by atoms with Crippen LogP contribution in [0.15, 0.2) is 66.9 Å². The molecule has 3 atom stereocenters. The highest BCUT2D eigenvalue weighted by Crippen LogP contribution is 2.36. The number of aromatic nitrogens is 2. The summed E-state index contributed by atoms with van der Waals surface area (Å²) in [4.78, 5) is 25.0. The Labute approximate surface area is 263 Å². The van der Waals surface area contributed by atoms with Gasteiger partial charge in [-0.1, -0.05) is 12.1 Å². The van der Waals surface area contributed by atoms with Crippen LogP contribution in [0.3, 0.4) is 0 Å². The van der Waals surface area contributed by atoms with Crippen LogP contribution in [0.25, 0.3) is 16.6 Å². The molecule has 2 amide bonds. The second-order valence-corrected chi connectivity index (χ2v) is 13.7.